The Bertz CT molecular complexity index is 944. The topological polar surface area (TPSA) is 50.4 Å². The van der Waals surface area contributed by atoms with Crippen molar-refractivity contribution in [1.29, 1.82) is 0 Å². The van der Waals surface area contributed by atoms with E-state index in [1.54, 1.807) is 19.2 Å². The highest BCUT2D eigenvalue weighted by molar-refractivity contribution is 6.33. The highest BCUT2D eigenvalue weighted by Gasteiger charge is 2.15. The summed E-state index contributed by atoms with van der Waals surface area (Å²) in [5.74, 6) is 0.663. The van der Waals surface area contributed by atoms with Gasteiger partial charge in [-0.05, 0) is 42.8 Å². The van der Waals surface area contributed by atoms with Crippen LogP contribution in [-0.2, 0) is 11.2 Å². The summed E-state index contributed by atoms with van der Waals surface area (Å²) in [6.07, 6.45) is 0.750. The van der Waals surface area contributed by atoms with Gasteiger partial charge in [0.25, 0.3) is 0 Å². The first-order valence-corrected chi connectivity index (χ1v) is 9.47. The first-order valence-electron chi connectivity index (χ1n) is 9.09. The summed E-state index contributed by atoms with van der Waals surface area (Å²) in [6, 6.07) is 22.8. The van der Waals surface area contributed by atoms with Crippen LogP contribution >= 0.6 is 11.6 Å². The number of carbonyl (C=O) groups excluding carboxylic acids is 1. The van der Waals surface area contributed by atoms with Crippen LogP contribution in [0.3, 0.4) is 0 Å². The Morgan fingerprint density at radius 3 is 2.46 bits per heavy atom. The number of rotatable bonds is 7. The number of benzene rings is 3. The van der Waals surface area contributed by atoms with Crippen molar-refractivity contribution >= 4 is 28.9 Å². The van der Waals surface area contributed by atoms with Gasteiger partial charge in [0.05, 0.1) is 17.8 Å². The molecule has 28 heavy (non-hydrogen) atoms. The molecule has 5 heteroatoms. The zero-order valence-corrected chi connectivity index (χ0v) is 16.7. The van der Waals surface area contributed by atoms with Gasteiger partial charge < -0.3 is 15.4 Å². The Labute approximate surface area is 170 Å². The second-order valence-corrected chi connectivity index (χ2v) is 6.93. The first-order chi connectivity index (χ1) is 13.6. The van der Waals surface area contributed by atoms with Crippen molar-refractivity contribution in [1.82, 2.24) is 0 Å². The molecule has 3 aromatic rings. The highest BCUT2D eigenvalue weighted by atomic mass is 35.5. The lowest BCUT2D eigenvalue weighted by atomic mass is 10.0. The summed E-state index contributed by atoms with van der Waals surface area (Å²) in [4.78, 5) is 12.5. The Morgan fingerprint density at radius 2 is 1.75 bits per heavy atom. The summed E-state index contributed by atoms with van der Waals surface area (Å²) >= 11 is 6.12. The molecule has 4 nitrogen and oxygen atoms in total. The molecule has 3 rings (SSSR count). The molecule has 2 N–H and O–H groups in total. The van der Waals surface area contributed by atoms with E-state index < -0.39 is 6.04 Å². The third-order valence-electron chi connectivity index (χ3n) is 4.43. The fraction of sp³-hybridized carbons (Fsp3) is 0.174. The van der Waals surface area contributed by atoms with Gasteiger partial charge >= 0.3 is 0 Å². The normalized spacial score (nSPS) is 11.5. The molecular formula is C23H23ClN2O2. The van der Waals surface area contributed by atoms with Gasteiger partial charge in [-0.2, -0.15) is 0 Å². The van der Waals surface area contributed by atoms with Crippen molar-refractivity contribution in [3.05, 3.63) is 88.9 Å². The molecule has 0 aliphatic rings. The number of methoxy groups -OCH3 is 1. The number of hydrogen-bond acceptors (Lipinski definition) is 3. The molecule has 0 aliphatic carbocycles. The smallest absolute Gasteiger partial charge is 0.246 e. The zero-order chi connectivity index (χ0) is 19.9. The van der Waals surface area contributed by atoms with Crippen LogP contribution in [0.1, 0.15) is 18.1 Å². The molecule has 0 saturated carbocycles. The van der Waals surface area contributed by atoms with E-state index in [4.69, 9.17) is 16.3 Å². The van der Waals surface area contributed by atoms with Crippen LogP contribution in [0.4, 0.5) is 11.4 Å². The summed E-state index contributed by atoms with van der Waals surface area (Å²) in [6.45, 7) is 1.81. The minimum Gasteiger partial charge on any atom is -0.496 e. The maximum atomic E-state index is 12.5. The van der Waals surface area contributed by atoms with Gasteiger partial charge in [0, 0.05) is 17.7 Å². The monoisotopic (exact) mass is 394 g/mol. The van der Waals surface area contributed by atoms with Crippen LogP contribution in [0.2, 0.25) is 5.02 Å². The van der Waals surface area contributed by atoms with Crippen LogP contribution < -0.4 is 15.4 Å². The zero-order valence-electron chi connectivity index (χ0n) is 15.9. The largest absolute Gasteiger partial charge is 0.496 e. The third kappa shape index (κ3) is 5.05. The lowest BCUT2D eigenvalue weighted by molar-refractivity contribution is -0.116. The van der Waals surface area contributed by atoms with Crippen molar-refractivity contribution in [3.63, 3.8) is 0 Å². The molecular weight excluding hydrogens is 372 g/mol. The molecule has 0 aromatic heterocycles. The van der Waals surface area contributed by atoms with Crippen molar-refractivity contribution in [3.8, 4) is 5.75 Å². The number of nitrogens with one attached hydrogen (secondary N) is 2. The molecule has 0 fully saturated rings. The molecule has 3 aromatic carbocycles. The highest BCUT2D eigenvalue weighted by Crippen LogP contribution is 2.26. The molecule has 0 bridgehead atoms. The van der Waals surface area contributed by atoms with Gasteiger partial charge in [0.2, 0.25) is 5.91 Å². The molecule has 1 unspecified atom stereocenters. The first kappa shape index (κ1) is 19.8. The molecule has 0 saturated heterocycles. The summed E-state index contributed by atoms with van der Waals surface area (Å²) in [7, 11) is 1.66. The van der Waals surface area contributed by atoms with Crippen molar-refractivity contribution in [2.24, 2.45) is 0 Å². The fourth-order valence-corrected chi connectivity index (χ4v) is 3.12. The van der Waals surface area contributed by atoms with Gasteiger partial charge in [0.15, 0.2) is 0 Å². The van der Waals surface area contributed by atoms with E-state index >= 15 is 0 Å². The Kier molecular flexibility index (Phi) is 6.56. The van der Waals surface area contributed by atoms with E-state index in [-0.39, 0.29) is 5.91 Å². The summed E-state index contributed by atoms with van der Waals surface area (Å²) in [5.41, 5.74) is 3.70. The lowest BCUT2D eigenvalue weighted by Gasteiger charge is -2.17. The number of para-hydroxylation sites is 1. The quantitative estimate of drug-likeness (QED) is 0.565. The average Bonchev–Trinajstić information content (AvgIpc) is 2.70. The predicted molar refractivity (Wildman–Crippen MR) is 115 cm³/mol. The van der Waals surface area contributed by atoms with Crippen LogP contribution in [0.15, 0.2) is 72.8 Å². The molecule has 0 heterocycles. The maximum Gasteiger partial charge on any atom is 0.246 e. The number of amides is 1. The number of carbonyl (C=O) groups is 1. The van der Waals surface area contributed by atoms with Crippen LogP contribution in [0.25, 0.3) is 0 Å². The van der Waals surface area contributed by atoms with E-state index in [9.17, 15) is 4.79 Å². The fourth-order valence-electron chi connectivity index (χ4n) is 2.94. The average molecular weight is 395 g/mol. The van der Waals surface area contributed by atoms with E-state index in [1.807, 2.05) is 55.5 Å². The van der Waals surface area contributed by atoms with Crippen LogP contribution in [-0.4, -0.2) is 19.1 Å². The van der Waals surface area contributed by atoms with Crippen LogP contribution in [0.5, 0.6) is 5.75 Å². The number of halogens is 1. The Hall–Kier alpha value is -2.98. The van der Waals surface area contributed by atoms with E-state index in [2.05, 4.69) is 22.8 Å². The van der Waals surface area contributed by atoms with Gasteiger partial charge in [-0.1, -0.05) is 54.1 Å². The van der Waals surface area contributed by atoms with Crippen LogP contribution in [0, 0.1) is 0 Å². The van der Waals surface area contributed by atoms with E-state index in [0.29, 0.717) is 10.7 Å². The number of ether oxygens (including phenoxy) is 1. The van der Waals surface area contributed by atoms with Gasteiger partial charge in [-0.25, -0.2) is 0 Å². The van der Waals surface area contributed by atoms with Crippen molar-refractivity contribution in [2.75, 3.05) is 17.7 Å². The van der Waals surface area contributed by atoms with Gasteiger partial charge in [0.1, 0.15) is 11.8 Å². The maximum absolute atomic E-state index is 12.5. The molecule has 144 valence electrons. The lowest BCUT2D eigenvalue weighted by Crippen LogP contribution is -2.32. The minimum absolute atomic E-state index is 0.159. The van der Waals surface area contributed by atoms with E-state index in [1.165, 1.54) is 5.56 Å². The minimum atomic E-state index is -0.436. The summed E-state index contributed by atoms with van der Waals surface area (Å²) < 4.78 is 5.50. The third-order valence-corrected chi connectivity index (χ3v) is 4.76. The molecule has 0 aliphatic heterocycles. The molecule has 0 spiro atoms. The van der Waals surface area contributed by atoms with Gasteiger partial charge in [-0.15, -0.1) is 0 Å². The molecule has 0 radical (unpaired) electrons. The van der Waals surface area contributed by atoms with E-state index in [0.717, 1.165) is 23.4 Å². The standard InChI is InChI=1S/C23H23ClN2O2/c1-16(23(27)26-21-11-7-6-10-20(21)24)25-19-12-13-22(28-2)18(15-19)14-17-8-4-3-5-9-17/h3-13,15-16,25H,14H2,1-2H3,(H,26,27). The van der Waals surface area contributed by atoms with Gasteiger partial charge in [-0.3, -0.25) is 4.79 Å². The summed E-state index contributed by atoms with van der Waals surface area (Å²) in [5, 5.41) is 6.61. The van der Waals surface area contributed by atoms with Crippen molar-refractivity contribution < 1.29 is 9.53 Å². The second-order valence-electron chi connectivity index (χ2n) is 6.52. The number of anilines is 2. The predicted octanol–water partition coefficient (Wildman–Crippen LogP) is 5.38. The Balaban J connectivity index is 1.71. The number of hydrogen-bond donors (Lipinski definition) is 2. The second kappa shape index (κ2) is 9.29. The molecule has 1 atom stereocenters. The molecule has 1 amide bonds. The SMILES string of the molecule is COc1ccc(NC(C)C(=O)Nc2ccccc2Cl)cc1Cc1ccccc1. The Morgan fingerprint density at radius 1 is 1.04 bits per heavy atom. The van der Waals surface area contributed by atoms with Crippen molar-refractivity contribution in [2.45, 2.75) is 19.4 Å².